The lowest BCUT2D eigenvalue weighted by Crippen LogP contribution is -2.00. The van der Waals surface area contributed by atoms with E-state index >= 15 is 0 Å². The van der Waals surface area contributed by atoms with Gasteiger partial charge in [-0.15, -0.1) is 0 Å². The summed E-state index contributed by atoms with van der Waals surface area (Å²) in [5.74, 6) is 0.372. The standard InChI is InChI=1S/C45H29N3O/c1-4-11-30(12-5-1)32-19-21-33(22-20-32)34-23-25-36(26-24-34)44-46-43(35-15-8-3-9-16-35)47-45(48-44)39-17-10-18-40-42(39)38-28-27-37(29-41(38)49-40)31-13-6-2-7-14-31/h1-29H/i2D,6D,7D,10D,13D,14D,17D,18D,27D,28D,29D. The largest absolute Gasteiger partial charge is 0.456 e. The van der Waals surface area contributed by atoms with Gasteiger partial charge < -0.3 is 4.42 Å². The van der Waals surface area contributed by atoms with Crippen LogP contribution in [0.5, 0.6) is 0 Å². The average Bonchev–Trinajstić information content (AvgIpc) is 3.69. The van der Waals surface area contributed by atoms with E-state index in [1.165, 1.54) is 0 Å². The maximum atomic E-state index is 9.21. The Labute approximate surface area is 299 Å². The van der Waals surface area contributed by atoms with Crippen molar-refractivity contribution in [1.29, 1.82) is 0 Å². The van der Waals surface area contributed by atoms with Gasteiger partial charge in [0, 0.05) is 27.5 Å². The number of furan rings is 1. The fourth-order valence-electron chi connectivity index (χ4n) is 5.75. The third-order valence-electron chi connectivity index (χ3n) is 8.18. The number of hydrogen-bond acceptors (Lipinski definition) is 4. The molecule has 0 saturated heterocycles. The zero-order chi connectivity index (χ0) is 42.1. The molecule has 0 aliphatic heterocycles. The van der Waals surface area contributed by atoms with E-state index in [9.17, 15) is 4.11 Å². The van der Waals surface area contributed by atoms with E-state index in [2.05, 4.69) is 36.4 Å². The van der Waals surface area contributed by atoms with E-state index in [0.717, 1.165) is 22.3 Å². The number of fused-ring (bicyclic) bond motifs is 3. The zero-order valence-electron chi connectivity index (χ0n) is 36.6. The summed E-state index contributed by atoms with van der Waals surface area (Å²) in [6.45, 7) is 0. The van der Waals surface area contributed by atoms with Crippen LogP contribution in [0.25, 0.3) is 89.5 Å². The van der Waals surface area contributed by atoms with Crippen LogP contribution in [-0.2, 0) is 0 Å². The summed E-state index contributed by atoms with van der Waals surface area (Å²) in [4.78, 5) is 14.4. The molecule has 0 saturated carbocycles. The summed E-state index contributed by atoms with van der Waals surface area (Å²) < 4.78 is 102. The molecule has 9 aromatic rings. The van der Waals surface area contributed by atoms with Gasteiger partial charge in [0.05, 0.1) is 15.1 Å². The van der Waals surface area contributed by atoms with E-state index in [1.54, 1.807) is 12.1 Å². The zero-order valence-corrected chi connectivity index (χ0v) is 25.6. The molecule has 0 fully saturated rings. The lowest BCUT2D eigenvalue weighted by Gasteiger charge is -2.10. The Hall–Kier alpha value is -6.65. The highest BCUT2D eigenvalue weighted by Gasteiger charge is 2.18. The second-order valence-electron chi connectivity index (χ2n) is 11.2. The fourth-order valence-corrected chi connectivity index (χ4v) is 5.75. The van der Waals surface area contributed by atoms with Crippen LogP contribution < -0.4 is 0 Å². The third kappa shape index (κ3) is 5.45. The molecule has 0 amide bonds. The number of aromatic nitrogens is 3. The second-order valence-corrected chi connectivity index (χ2v) is 11.2. The number of benzene rings is 7. The molecule has 0 atom stereocenters. The fraction of sp³-hybridized carbons (Fsp3) is 0. The first-order chi connectivity index (χ1) is 28.8. The van der Waals surface area contributed by atoms with E-state index in [1.807, 2.05) is 60.7 Å². The normalized spacial score (nSPS) is 14.4. The first-order valence-corrected chi connectivity index (χ1v) is 15.5. The van der Waals surface area contributed by atoms with Gasteiger partial charge in [-0.1, -0.05) is 158 Å². The number of hydrogen-bond donors (Lipinski definition) is 0. The second kappa shape index (κ2) is 12.2. The highest BCUT2D eigenvalue weighted by Crippen LogP contribution is 2.38. The van der Waals surface area contributed by atoms with Gasteiger partial charge in [0.25, 0.3) is 0 Å². The molecule has 0 aliphatic carbocycles. The van der Waals surface area contributed by atoms with Crippen LogP contribution in [-0.4, -0.2) is 15.0 Å². The molecule has 9 rings (SSSR count). The molecule has 7 aromatic carbocycles. The van der Waals surface area contributed by atoms with Gasteiger partial charge in [0.15, 0.2) is 17.5 Å². The molecular weight excluding hydrogens is 599 g/mol. The Morgan fingerprint density at radius 2 is 0.918 bits per heavy atom. The highest BCUT2D eigenvalue weighted by atomic mass is 16.3. The smallest absolute Gasteiger partial charge is 0.164 e. The Morgan fingerprint density at radius 1 is 0.388 bits per heavy atom. The SMILES string of the molecule is [2H]c1c([2H])c([2H])c(-c2c([2H])c([2H])c3c(oc4c([2H])c([2H])c([2H])c(-c5nc(-c6ccccc6)nc(-c6ccc(-c7ccc(-c8ccccc8)cc7)cc6)n5)c43)c2[2H])c([2H])c1[2H]. The lowest BCUT2D eigenvalue weighted by molar-refractivity contribution is 0.669. The van der Waals surface area contributed by atoms with E-state index in [0.29, 0.717) is 11.1 Å². The maximum Gasteiger partial charge on any atom is 0.164 e. The van der Waals surface area contributed by atoms with Gasteiger partial charge in [0.2, 0.25) is 0 Å². The molecule has 230 valence electrons. The van der Waals surface area contributed by atoms with Crippen molar-refractivity contribution in [3.8, 4) is 67.5 Å². The van der Waals surface area contributed by atoms with Crippen LogP contribution in [0.1, 0.15) is 15.1 Å². The summed E-state index contributed by atoms with van der Waals surface area (Å²) in [6.07, 6.45) is 0. The summed E-state index contributed by atoms with van der Waals surface area (Å²) in [6, 6.07) is 28.4. The summed E-state index contributed by atoms with van der Waals surface area (Å²) in [5.41, 5.74) is 3.79. The molecule has 0 N–H and O–H groups in total. The predicted octanol–water partition coefficient (Wildman–Crippen LogP) is 11.8. The number of rotatable bonds is 6. The first-order valence-electron chi connectivity index (χ1n) is 21.0. The summed E-state index contributed by atoms with van der Waals surface area (Å²) in [5, 5.41) is -0.208. The van der Waals surface area contributed by atoms with Gasteiger partial charge in [-0.2, -0.15) is 0 Å². The molecule has 0 radical (unpaired) electrons. The van der Waals surface area contributed by atoms with E-state index in [4.69, 9.17) is 30.3 Å². The van der Waals surface area contributed by atoms with Crippen LogP contribution in [0.3, 0.4) is 0 Å². The molecule has 0 spiro atoms. The first kappa shape index (κ1) is 19.2. The third-order valence-corrected chi connectivity index (χ3v) is 8.18. The van der Waals surface area contributed by atoms with Gasteiger partial charge in [-0.3, -0.25) is 0 Å². The number of nitrogens with zero attached hydrogens (tertiary/aromatic N) is 3. The summed E-state index contributed by atoms with van der Waals surface area (Å²) >= 11 is 0. The Bertz CT molecular complexity index is 3170. The quantitative estimate of drug-likeness (QED) is 0.182. The van der Waals surface area contributed by atoms with E-state index in [-0.39, 0.29) is 45.0 Å². The molecule has 0 unspecified atom stereocenters. The minimum absolute atomic E-state index is 0.0546. The van der Waals surface area contributed by atoms with Crippen molar-refractivity contribution in [2.45, 2.75) is 0 Å². The van der Waals surface area contributed by atoms with Crippen LogP contribution in [0.4, 0.5) is 0 Å². The topological polar surface area (TPSA) is 51.8 Å². The van der Waals surface area contributed by atoms with Crippen molar-refractivity contribution in [1.82, 2.24) is 15.0 Å². The molecule has 2 heterocycles. The van der Waals surface area contributed by atoms with Crippen molar-refractivity contribution in [3.63, 3.8) is 0 Å². The van der Waals surface area contributed by atoms with Gasteiger partial charge in [-0.05, 0) is 51.5 Å². The average molecular weight is 639 g/mol. The highest BCUT2D eigenvalue weighted by molar-refractivity contribution is 6.12. The van der Waals surface area contributed by atoms with E-state index < -0.39 is 77.6 Å². The molecule has 4 nitrogen and oxygen atoms in total. The predicted molar refractivity (Wildman–Crippen MR) is 200 cm³/mol. The Balaban J connectivity index is 1.25. The molecule has 4 heteroatoms. The summed E-state index contributed by atoms with van der Waals surface area (Å²) in [7, 11) is 0. The monoisotopic (exact) mass is 638 g/mol. The van der Waals surface area contributed by atoms with Crippen LogP contribution in [0, 0.1) is 0 Å². The van der Waals surface area contributed by atoms with Crippen molar-refractivity contribution in [3.05, 3.63) is 176 Å². The van der Waals surface area contributed by atoms with Gasteiger partial charge >= 0.3 is 0 Å². The molecule has 0 bridgehead atoms. The van der Waals surface area contributed by atoms with Crippen molar-refractivity contribution in [2.24, 2.45) is 0 Å². The van der Waals surface area contributed by atoms with Crippen molar-refractivity contribution in [2.75, 3.05) is 0 Å². The Morgan fingerprint density at radius 3 is 1.55 bits per heavy atom. The van der Waals surface area contributed by atoms with Crippen molar-refractivity contribution >= 4 is 21.9 Å². The van der Waals surface area contributed by atoms with Crippen LogP contribution >= 0.6 is 0 Å². The maximum absolute atomic E-state index is 9.21. The van der Waals surface area contributed by atoms with Crippen LogP contribution in [0.15, 0.2) is 180 Å². The Kier molecular flexibility index (Phi) is 4.78. The molecule has 0 aliphatic rings. The van der Waals surface area contributed by atoms with Gasteiger partial charge in [0.1, 0.15) is 11.2 Å². The molecular formula is C45H29N3O. The minimum atomic E-state index is -0.679. The van der Waals surface area contributed by atoms with Gasteiger partial charge in [-0.25, -0.2) is 15.0 Å². The van der Waals surface area contributed by atoms with Crippen molar-refractivity contribution < 1.29 is 19.5 Å². The van der Waals surface area contributed by atoms with Crippen LogP contribution in [0.2, 0.25) is 0 Å². The molecule has 49 heavy (non-hydrogen) atoms. The lowest BCUT2D eigenvalue weighted by atomic mass is 9.99. The minimum Gasteiger partial charge on any atom is -0.456 e. The molecule has 2 aromatic heterocycles.